The molecule has 136 valence electrons. The molecule has 5 heteroatoms. The van der Waals surface area contributed by atoms with Gasteiger partial charge in [0.15, 0.2) is 0 Å². The fraction of sp³-hybridized carbons (Fsp3) is 0.381. The Kier molecular flexibility index (Phi) is 4.64. The van der Waals surface area contributed by atoms with Crippen LogP contribution in [0.4, 0.5) is 10.1 Å². The fourth-order valence-corrected chi connectivity index (χ4v) is 3.84. The Hall–Kier alpha value is -2.40. The number of hydrogen-bond donors (Lipinski definition) is 2. The molecule has 1 atom stereocenters. The molecule has 1 aliphatic heterocycles. The van der Waals surface area contributed by atoms with Crippen molar-refractivity contribution in [1.82, 2.24) is 5.32 Å². The molecule has 1 saturated heterocycles. The molecule has 0 bridgehead atoms. The van der Waals surface area contributed by atoms with Gasteiger partial charge in [-0.2, -0.15) is 0 Å². The van der Waals surface area contributed by atoms with E-state index in [2.05, 4.69) is 10.6 Å². The van der Waals surface area contributed by atoms with Gasteiger partial charge in [0.05, 0.1) is 0 Å². The van der Waals surface area contributed by atoms with Crippen molar-refractivity contribution in [1.29, 1.82) is 0 Å². The topological polar surface area (TPSA) is 50.4 Å². The summed E-state index contributed by atoms with van der Waals surface area (Å²) in [6.07, 6.45) is 3.18. The van der Waals surface area contributed by atoms with Crippen molar-refractivity contribution in [2.24, 2.45) is 11.3 Å². The average Bonchev–Trinajstić information content (AvgIpc) is 3.35. The molecule has 1 saturated carbocycles. The minimum absolute atomic E-state index is 0.114. The van der Waals surface area contributed by atoms with Crippen molar-refractivity contribution >= 4 is 11.6 Å². The highest BCUT2D eigenvalue weighted by Gasteiger charge is 2.57. The standard InChI is InChI=1S/C21H23FN2O2/c22-16-6-4-15(5-7-16)14-26-18-3-1-2-17(12-18)24-20(25)19-13-21(19)8-10-23-11-9-21/h1-7,12,19,23H,8-11,13-14H2,(H,24,25). The van der Waals surface area contributed by atoms with Gasteiger partial charge in [0, 0.05) is 17.7 Å². The number of nitrogens with one attached hydrogen (secondary N) is 2. The van der Waals surface area contributed by atoms with E-state index in [-0.39, 0.29) is 23.1 Å². The smallest absolute Gasteiger partial charge is 0.228 e. The van der Waals surface area contributed by atoms with E-state index in [1.54, 1.807) is 12.1 Å². The lowest BCUT2D eigenvalue weighted by molar-refractivity contribution is -0.118. The minimum Gasteiger partial charge on any atom is -0.489 e. The van der Waals surface area contributed by atoms with Crippen LogP contribution in [0.15, 0.2) is 48.5 Å². The van der Waals surface area contributed by atoms with E-state index >= 15 is 0 Å². The molecule has 0 aromatic heterocycles. The molecule has 2 N–H and O–H groups in total. The van der Waals surface area contributed by atoms with Crippen LogP contribution < -0.4 is 15.4 Å². The van der Waals surface area contributed by atoms with Gasteiger partial charge in [0.1, 0.15) is 18.2 Å². The molecule has 1 amide bonds. The first-order chi connectivity index (χ1) is 12.6. The molecule has 26 heavy (non-hydrogen) atoms. The van der Waals surface area contributed by atoms with Crippen LogP contribution in [0.5, 0.6) is 5.75 Å². The maximum atomic E-state index is 12.9. The second-order valence-corrected chi connectivity index (χ2v) is 7.30. The van der Waals surface area contributed by atoms with Crippen LogP contribution in [0.2, 0.25) is 0 Å². The summed E-state index contributed by atoms with van der Waals surface area (Å²) in [6.45, 7) is 2.38. The molecule has 0 radical (unpaired) electrons. The van der Waals surface area contributed by atoms with E-state index in [0.29, 0.717) is 12.4 Å². The number of carbonyl (C=O) groups excluding carboxylic acids is 1. The second-order valence-electron chi connectivity index (χ2n) is 7.30. The predicted octanol–water partition coefficient (Wildman–Crippen LogP) is 3.73. The molecule has 1 unspecified atom stereocenters. The van der Waals surface area contributed by atoms with Crippen molar-refractivity contribution < 1.29 is 13.9 Å². The summed E-state index contributed by atoms with van der Waals surface area (Å²) in [7, 11) is 0. The van der Waals surface area contributed by atoms with Crippen LogP contribution in [-0.4, -0.2) is 19.0 Å². The average molecular weight is 354 g/mol. The number of rotatable bonds is 5. The van der Waals surface area contributed by atoms with E-state index in [0.717, 1.165) is 43.6 Å². The Morgan fingerprint density at radius 3 is 2.73 bits per heavy atom. The lowest BCUT2D eigenvalue weighted by atomic mass is 9.92. The largest absolute Gasteiger partial charge is 0.489 e. The maximum absolute atomic E-state index is 12.9. The normalized spacial score (nSPS) is 20.6. The Morgan fingerprint density at radius 2 is 1.96 bits per heavy atom. The summed E-state index contributed by atoms with van der Waals surface area (Å²) in [5.41, 5.74) is 1.88. The lowest BCUT2D eigenvalue weighted by Crippen LogP contribution is -2.31. The van der Waals surface area contributed by atoms with Crippen molar-refractivity contribution in [2.45, 2.75) is 25.9 Å². The third-order valence-corrected chi connectivity index (χ3v) is 5.53. The van der Waals surface area contributed by atoms with E-state index < -0.39 is 0 Å². The van der Waals surface area contributed by atoms with Gasteiger partial charge in [-0.3, -0.25) is 4.79 Å². The Bertz CT molecular complexity index is 785. The third kappa shape index (κ3) is 3.73. The van der Waals surface area contributed by atoms with Crippen molar-refractivity contribution in [3.63, 3.8) is 0 Å². The number of benzene rings is 2. The number of piperidine rings is 1. The first-order valence-corrected chi connectivity index (χ1v) is 9.14. The van der Waals surface area contributed by atoms with Crippen LogP contribution in [0.25, 0.3) is 0 Å². The zero-order chi connectivity index (χ0) is 18.0. The molecule has 4 rings (SSSR count). The van der Waals surface area contributed by atoms with Crippen molar-refractivity contribution in [3.8, 4) is 5.75 Å². The van der Waals surface area contributed by atoms with Gasteiger partial charge in [-0.15, -0.1) is 0 Å². The van der Waals surface area contributed by atoms with Gasteiger partial charge in [-0.05, 0) is 67.6 Å². The van der Waals surface area contributed by atoms with Gasteiger partial charge in [0.2, 0.25) is 5.91 Å². The summed E-state index contributed by atoms with van der Waals surface area (Å²) in [4.78, 5) is 12.6. The summed E-state index contributed by atoms with van der Waals surface area (Å²) in [6, 6.07) is 13.7. The third-order valence-electron chi connectivity index (χ3n) is 5.53. The molecule has 1 spiro atoms. The van der Waals surface area contributed by atoms with Crippen LogP contribution in [0, 0.1) is 17.2 Å². The van der Waals surface area contributed by atoms with Crippen molar-refractivity contribution in [2.75, 3.05) is 18.4 Å². The summed E-state index contributed by atoms with van der Waals surface area (Å²) in [5, 5.41) is 6.39. The molecular weight excluding hydrogens is 331 g/mol. The fourth-order valence-electron chi connectivity index (χ4n) is 3.84. The van der Waals surface area contributed by atoms with Gasteiger partial charge in [-0.1, -0.05) is 18.2 Å². The van der Waals surface area contributed by atoms with Crippen molar-refractivity contribution in [3.05, 3.63) is 59.9 Å². The quantitative estimate of drug-likeness (QED) is 0.860. The summed E-state index contributed by atoms with van der Waals surface area (Å²) >= 11 is 0. The van der Waals surface area contributed by atoms with Crippen LogP contribution >= 0.6 is 0 Å². The molecule has 1 heterocycles. The SMILES string of the molecule is O=C(Nc1cccc(OCc2ccc(F)cc2)c1)C1CC12CCNCC2. The number of amides is 1. The first kappa shape index (κ1) is 17.0. The van der Waals surface area contributed by atoms with Gasteiger partial charge >= 0.3 is 0 Å². The lowest BCUT2D eigenvalue weighted by Gasteiger charge is -2.23. The highest BCUT2D eigenvalue weighted by Crippen LogP contribution is 2.58. The zero-order valence-corrected chi connectivity index (χ0v) is 14.6. The number of anilines is 1. The number of hydrogen-bond acceptors (Lipinski definition) is 3. The minimum atomic E-state index is -0.259. The Morgan fingerprint density at radius 1 is 1.19 bits per heavy atom. The van der Waals surface area contributed by atoms with Crippen LogP contribution in [0.3, 0.4) is 0 Å². The molecule has 2 aromatic rings. The molecule has 2 aromatic carbocycles. The predicted molar refractivity (Wildman–Crippen MR) is 98.4 cm³/mol. The van der Waals surface area contributed by atoms with Crippen LogP contribution in [0.1, 0.15) is 24.8 Å². The number of halogens is 1. The monoisotopic (exact) mass is 354 g/mol. The van der Waals surface area contributed by atoms with Gasteiger partial charge in [0.25, 0.3) is 0 Å². The first-order valence-electron chi connectivity index (χ1n) is 9.14. The van der Waals surface area contributed by atoms with E-state index in [1.807, 2.05) is 24.3 Å². The molecule has 4 nitrogen and oxygen atoms in total. The summed E-state index contributed by atoms with van der Waals surface area (Å²) < 4.78 is 18.7. The maximum Gasteiger partial charge on any atom is 0.228 e. The second kappa shape index (κ2) is 7.08. The highest BCUT2D eigenvalue weighted by molar-refractivity contribution is 5.95. The van der Waals surface area contributed by atoms with E-state index in [9.17, 15) is 9.18 Å². The molecule has 2 fully saturated rings. The molecular formula is C21H23FN2O2. The molecule has 2 aliphatic rings. The highest BCUT2D eigenvalue weighted by atomic mass is 19.1. The zero-order valence-electron chi connectivity index (χ0n) is 14.6. The Labute approximate surface area is 152 Å². The van der Waals surface area contributed by atoms with Crippen LogP contribution in [-0.2, 0) is 11.4 Å². The molecule has 1 aliphatic carbocycles. The number of carbonyl (C=O) groups is 1. The van der Waals surface area contributed by atoms with Gasteiger partial charge in [-0.25, -0.2) is 4.39 Å². The van der Waals surface area contributed by atoms with Gasteiger partial charge < -0.3 is 15.4 Å². The summed E-state index contributed by atoms with van der Waals surface area (Å²) in [5.74, 6) is 0.667. The van der Waals surface area contributed by atoms with E-state index in [4.69, 9.17) is 4.74 Å². The van der Waals surface area contributed by atoms with E-state index in [1.165, 1.54) is 12.1 Å². The Balaban J connectivity index is 1.34. The number of ether oxygens (including phenoxy) is 1.